The second kappa shape index (κ2) is 6.60. The van der Waals surface area contributed by atoms with Gasteiger partial charge in [-0.1, -0.05) is 12.1 Å². The number of benzene rings is 1. The van der Waals surface area contributed by atoms with Crippen molar-refractivity contribution in [3.8, 4) is 0 Å². The van der Waals surface area contributed by atoms with Gasteiger partial charge in [-0.3, -0.25) is 0 Å². The fourth-order valence-corrected chi connectivity index (χ4v) is 1.73. The molecule has 0 spiro atoms. The first kappa shape index (κ1) is 15.6. The Morgan fingerprint density at radius 2 is 1.89 bits per heavy atom. The Kier molecular flexibility index (Phi) is 5.41. The highest BCUT2D eigenvalue weighted by molar-refractivity contribution is 8.00. The summed E-state index contributed by atoms with van der Waals surface area (Å²) in [5, 5.41) is 0. The van der Waals surface area contributed by atoms with E-state index in [4.69, 9.17) is 0 Å². The van der Waals surface area contributed by atoms with Crippen LogP contribution in [-0.4, -0.2) is 24.3 Å². The molecule has 7 heteroatoms. The molecule has 0 atom stereocenters. The van der Waals surface area contributed by atoms with Crippen molar-refractivity contribution in [1.82, 2.24) is 0 Å². The molecule has 0 bridgehead atoms. The molecule has 2 nitrogen and oxygen atoms in total. The lowest BCUT2D eigenvalue weighted by atomic mass is 10.1. The van der Waals surface area contributed by atoms with Gasteiger partial charge in [-0.2, -0.15) is 13.2 Å². The van der Waals surface area contributed by atoms with Gasteiger partial charge in [0, 0.05) is 11.3 Å². The maximum absolute atomic E-state index is 12.7. The van der Waals surface area contributed by atoms with Crippen LogP contribution in [0.1, 0.15) is 5.56 Å². The summed E-state index contributed by atoms with van der Waals surface area (Å²) in [7, 11) is 1.08. The molecular weight excluding hydrogens is 284 g/mol. The minimum Gasteiger partial charge on any atom is -0.466 e. The highest BCUT2D eigenvalue weighted by atomic mass is 32.2. The third kappa shape index (κ3) is 5.78. The normalized spacial score (nSPS) is 12.4. The van der Waals surface area contributed by atoms with Crippen molar-refractivity contribution >= 4 is 23.8 Å². The summed E-state index contributed by atoms with van der Waals surface area (Å²) in [6.07, 6.45) is 1.24. The molecule has 0 radical (unpaired) electrons. The largest absolute Gasteiger partial charge is 0.466 e. The zero-order chi connectivity index (χ0) is 14.5. The first-order valence-corrected chi connectivity index (χ1v) is 6.05. The quantitative estimate of drug-likeness (QED) is 0.482. The Morgan fingerprint density at radius 3 is 2.37 bits per heavy atom. The van der Waals surface area contributed by atoms with E-state index in [0.717, 1.165) is 19.2 Å². The number of hydrogen-bond donors (Lipinski definition) is 0. The van der Waals surface area contributed by atoms with Crippen LogP contribution in [0.2, 0.25) is 0 Å². The van der Waals surface area contributed by atoms with Gasteiger partial charge in [0.05, 0.1) is 7.11 Å². The van der Waals surface area contributed by atoms with Crippen LogP contribution in [0.5, 0.6) is 0 Å². The molecule has 0 saturated heterocycles. The number of hydrogen-bond acceptors (Lipinski definition) is 3. The Bertz CT molecular complexity index is 466. The average molecular weight is 294 g/mol. The minimum absolute atomic E-state index is 0.142. The summed E-state index contributed by atoms with van der Waals surface area (Å²) in [5.41, 5.74) is -4.16. The predicted molar refractivity (Wildman–Crippen MR) is 64.9 cm³/mol. The van der Waals surface area contributed by atoms with E-state index in [2.05, 4.69) is 4.74 Å². The molecule has 1 rings (SSSR count). The predicted octanol–water partition coefficient (Wildman–Crippen LogP) is 3.64. The van der Waals surface area contributed by atoms with E-state index in [1.807, 2.05) is 0 Å². The highest BCUT2D eigenvalue weighted by Crippen LogP contribution is 2.32. The first-order chi connectivity index (χ1) is 8.81. The number of alkyl halides is 3. The molecule has 19 heavy (non-hydrogen) atoms. The summed E-state index contributed by atoms with van der Waals surface area (Å²) in [6, 6.07) is 5.02. The molecule has 0 amide bonds. The molecule has 0 unspecified atom stereocenters. The lowest BCUT2D eigenvalue weighted by molar-refractivity contribution is -0.135. The van der Waals surface area contributed by atoms with Gasteiger partial charge in [0.2, 0.25) is 0 Å². The minimum atomic E-state index is -4.43. The van der Waals surface area contributed by atoms with Crippen molar-refractivity contribution in [2.75, 3.05) is 12.9 Å². The summed E-state index contributed by atoms with van der Waals surface area (Å²) in [6.45, 7) is 0. The van der Waals surface area contributed by atoms with E-state index in [1.165, 1.54) is 18.2 Å². The molecule has 0 aliphatic heterocycles. The summed E-state index contributed by atoms with van der Waals surface area (Å²) in [5.74, 6) is -1.88. The lowest BCUT2D eigenvalue weighted by Crippen LogP contribution is -2.10. The Hall–Kier alpha value is -1.50. The summed E-state index contributed by atoms with van der Waals surface area (Å²) in [4.78, 5) is 11.4. The molecule has 0 aliphatic rings. The highest BCUT2D eigenvalue weighted by Gasteiger charge is 2.29. The molecule has 104 valence electrons. The first-order valence-electron chi connectivity index (χ1n) is 5.07. The third-order valence-corrected chi connectivity index (χ3v) is 2.83. The number of halogens is 4. The number of ether oxygens (including phenoxy) is 1. The van der Waals surface area contributed by atoms with Crippen molar-refractivity contribution in [1.29, 1.82) is 0 Å². The van der Waals surface area contributed by atoms with Gasteiger partial charge in [0.25, 0.3) is 0 Å². The van der Waals surface area contributed by atoms with Crippen molar-refractivity contribution in [3.63, 3.8) is 0 Å². The second-order valence-electron chi connectivity index (χ2n) is 3.45. The molecule has 0 aliphatic carbocycles. The maximum Gasteiger partial charge on any atom is 0.442 e. The standard InChI is InChI=1S/C12H10F4O2S/c1-18-11(17)9(7-19-12(14,15)16)6-8-2-4-10(13)5-3-8/h2-6H,7H2,1H3/b9-6+. The zero-order valence-corrected chi connectivity index (χ0v) is 10.6. The Morgan fingerprint density at radius 1 is 1.32 bits per heavy atom. The van der Waals surface area contributed by atoms with Crippen molar-refractivity contribution < 1.29 is 27.1 Å². The number of thioether (sulfide) groups is 1. The Labute approximate surface area is 111 Å². The van der Waals surface area contributed by atoms with Gasteiger partial charge in [-0.05, 0) is 35.5 Å². The topological polar surface area (TPSA) is 26.3 Å². The monoisotopic (exact) mass is 294 g/mol. The van der Waals surface area contributed by atoms with Gasteiger partial charge in [0.1, 0.15) is 5.82 Å². The third-order valence-electron chi connectivity index (χ3n) is 2.05. The van der Waals surface area contributed by atoms with Crippen LogP contribution >= 0.6 is 11.8 Å². The van der Waals surface area contributed by atoms with E-state index in [0.29, 0.717) is 5.56 Å². The van der Waals surface area contributed by atoms with Crippen LogP contribution in [0.15, 0.2) is 29.8 Å². The van der Waals surface area contributed by atoms with E-state index in [1.54, 1.807) is 0 Å². The van der Waals surface area contributed by atoms with E-state index in [9.17, 15) is 22.4 Å². The van der Waals surface area contributed by atoms with Gasteiger partial charge in [-0.15, -0.1) is 0 Å². The molecule has 0 aromatic heterocycles. The fourth-order valence-electron chi connectivity index (χ4n) is 1.21. The van der Waals surface area contributed by atoms with E-state index < -0.39 is 23.0 Å². The molecule has 0 fully saturated rings. The zero-order valence-electron chi connectivity index (χ0n) is 9.83. The molecule has 1 aromatic rings. The van der Waals surface area contributed by atoms with E-state index >= 15 is 0 Å². The van der Waals surface area contributed by atoms with Gasteiger partial charge >= 0.3 is 11.5 Å². The van der Waals surface area contributed by atoms with Crippen LogP contribution in [0.4, 0.5) is 17.6 Å². The molecule has 0 N–H and O–H groups in total. The molecule has 1 aromatic carbocycles. The van der Waals surface area contributed by atoms with Crippen LogP contribution in [-0.2, 0) is 9.53 Å². The lowest BCUT2D eigenvalue weighted by Gasteiger charge is -2.08. The molecule has 0 saturated carbocycles. The number of methoxy groups -OCH3 is 1. The van der Waals surface area contributed by atoms with Crippen LogP contribution < -0.4 is 0 Å². The SMILES string of the molecule is COC(=O)/C(=C/c1ccc(F)cc1)CSC(F)(F)F. The number of rotatable bonds is 4. The van der Waals surface area contributed by atoms with Gasteiger partial charge in [0.15, 0.2) is 0 Å². The van der Waals surface area contributed by atoms with Crippen molar-refractivity contribution in [2.24, 2.45) is 0 Å². The smallest absolute Gasteiger partial charge is 0.442 e. The molecular formula is C12H10F4O2S. The van der Waals surface area contributed by atoms with Crippen LogP contribution in [0.25, 0.3) is 6.08 Å². The second-order valence-corrected chi connectivity index (χ2v) is 4.49. The van der Waals surface area contributed by atoms with Crippen molar-refractivity contribution in [2.45, 2.75) is 5.51 Å². The van der Waals surface area contributed by atoms with Gasteiger partial charge in [-0.25, -0.2) is 9.18 Å². The van der Waals surface area contributed by atoms with Crippen molar-refractivity contribution in [3.05, 3.63) is 41.2 Å². The fraction of sp³-hybridized carbons (Fsp3) is 0.250. The number of carbonyl (C=O) groups excluding carboxylic acids is 1. The maximum atomic E-state index is 12.7. The average Bonchev–Trinajstić information content (AvgIpc) is 2.34. The Balaban J connectivity index is 2.90. The van der Waals surface area contributed by atoms with Crippen LogP contribution in [0, 0.1) is 5.82 Å². The van der Waals surface area contributed by atoms with Gasteiger partial charge < -0.3 is 4.74 Å². The van der Waals surface area contributed by atoms with E-state index in [-0.39, 0.29) is 17.3 Å². The summed E-state index contributed by atoms with van der Waals surface area (Å²) >= 11 is -0.335. The number of esters is 1. The van der Waals surface area contributed by atoms with Crippen LogP contribution in [0.3, 0.4) is 0 Å². The summed E-state index contributed by atoms with van der Waals surface area (Å²) < 4.78 is 53.4. The number of carbonyl (C=O) groups is 1. The molecule has 0 heterocycles.